The lowest BCUT2D eigenvalue weighted by molar-refractivity contribution is 0.862. The zero-order chi connectivity index (χ0) is 8.97. The van der Waals surface area contributed by atoms with Gasteiger partial charge in [0.05, 0.1) is 12.0 Å². The van der Waals surface area contributed by atoms with Gasteiger partial charge in [-0.15, -0.1) is 0 Å². The van der Waals surface area contributed by atoms with Crippen molar-refractivity contribution in [1.82, 2.24) is 0 Å². The van der Waals surface area contributed by atoms with Gasteiger partial charge < -0.3 is 5.73 Å². The van der Waals surface area contributed by atoms with Crippen molar-refractivity contribution in [2.24, 2.45) is 5.73 Å². The fourth-order valence-electron chi connectivity index (χ4n) is 0.958. The fraction of sp³-hybridized carbons (Fsp3) is 0.222. The Morgan fingerprint density at radius 2 is 2.00 bits per heavy atom. The van der Waals surface area contributed by atoms with Gasteiger partial charge in [-0.1, -0.05) is 23.7 Å². The van der Waals surface area contributed by atoms with Crippen LogP contribution in [0.1, 0.15) is 11.5 Å². The number of nitrogens with two attached hydrogens (primary N) is 1. The average molecular weight is 181 g/mol. The summed E-state index contributed by atoms with van der Waals surface area (Å²) >= 11 is 5.69. The van der Waals surface area contributed by atoms with Crippen LogP contribution in [0.2, 0.25) is 5.02 Å². The second-order valence-corrected chi connectivity index (χ2v) is 2.91. The van der Waals surface area contributed by atoms with Crippen LogP contribution >= 0.6 is 11.6 Å². The van der Waals surface area contributed by atoms with Gasteiger partial charge in [0.1, 0.15) is 0 Å². The van der Waals surface area contributed by atoms with Gasteiger partial charge in [-0.25, -0.2) is 0 Å². The molecular formula is C9H9ClN2. The Labute approximate surface area is 76.6 Å². The van der Waals surface area contributed by atoms with E-state index >= 15 is 0 Å². The van der Waals surface area contributed by atoms with Crippen molar-refractivity contribution >= 4 is 11.6 Å². The molecule has 1 rings (SSSR count). The maximum absolute atomic E-state index is 8.69. The quantitative estimate of drug-likeness (QED) is 0.756. The molecule has 12 heavy (non-hydrogen) atoms. The Kier molecular flexibility index (Phi) is 3.09. The van der Waals surface area contributed by atoms with Crippen molar-refractivity contribution in [3.8, 4) is 6.07 Å². The van der Waals surface area contributed by atoms with Crippen LogP contribution in [0, 0.1) is 11.3 Å². The molecule has 3 heteroatoms. The lowest BCUT2D eigenvalue weighted by Gasteiger charge is -2.04. The number of hydrogen-bond donors (Lipinski definition) is 1. The van der Waals surface area contributed by atoms with Crippen LogP contribution < -0.4 is 5.73 Å². The average Bonchev–Trinajstić information content (AvgIpc) is 2.10. The van der Waals surface area contributed by atoms with E-state index in [1.807, 2.05) is 12.1 Å². The van der Waals surface area contributed by atoms with Crippen LogP contribution in [0.5, 0.6) is 0 Å². The van der Waals surface area contributed by atoms with Crippen molar-refractivity contribution in [1.29, 1.82) is 5.26 Å². The van der Waals surface area contributed by atoms with Crippen LogP contribution in [-0.4, -0.2) is 6.54 Å². The normalized spacial score (nSPS) is 12.1. The first kappa shape index (κ1) is 9.05. The van der Waals surface area contributed by atoms with E-state index in [9.17, 15) is 0 Å². The minimum atomic E-state index is -0.220. The molecule has 0 spiro atoms. The molecule has 0 radical (unpaired) electrons. The molecule has 0 aromatic heterocycles. The van der Waals surface area contributed by atoms with Gasteiger partial charge >= 0.3 is 0 Å². The molecule has 0 heterocycles. The number of nitrogens with zero attached hydrogens (tertiary/aromatic N) is 1. The first-order chi connectivity index (χ1) is 5.77. The number of benzene rings is 1. The second-order valence-electron chi connectivity index (χ2n) is 2.47. The SMILES string of the molecule is N#CC(CN)c1ccc(Cl)cc1. The highest BCUT2D eigenvalue weighted by molar-refractivity contribution is 6.30. The maximum Gasteiger partial charge on any atom is 0.0834 e. The van der Waals surface area contributed by atoms with Crippen LogP contribution in [0.4, 0.5) is 0 Å². The van der Waals surface area contributed by atoms with Crippen LogP contribution in [0.25, 0.3) is 0 Å². The summed E-state index contributed by atoms with van der Waals surface area (Å²) in [6.45, 7) is 0.345. The highest BCUT2D eigenvalue weighted by Crippen LogP contribution is 2.16. The monoisotopic (exact) mass is 180 g/mol. The Morgan fingerprint density at radius 1 is 1.42 bits per heavy atom. The van der Waals surface area contributed by atoms with E-state index in [1.165, 1.54) is 0 Å². The zero-order valence-electron chi connectivity index (χ0n) is 6.50. The van der Waals surface area contributed by atoms with Gasteiger partial charge in [0, 0.05) is 11.6 Å². The van der Waals surface area contributed by atoms with Crippen molar-refractivity contribution in [3.05, 3.63) is 34.9 Å². The molecule has 0 saturated heterocycles. The summed E-state index contributed by atoms with van der Waals surface area (Å²) in [6.07, 6.45) is 0. The third-order valence-corrected chi connectivity index (χ3v) is 1.92. The molecule has 1 atom stereocenters. The van der Waals surface area contributed by atoms with Gasteiger partial charge in [0.15, 0.2) is 0 Å². The molecule has 62 valence electrons. The Hall–Kier alpha value is -1.04. The molecule has 0 bridgehead atoms. The summed E-state index contributed by atoms with van der Waals surface area (Å²) in [6, 6.07) is 9.29. The predicted octanol–water partition coefficient (Wildman–Crippen LogP) is 1.91. The highest BCUT2D eigenvalue weighted by Gasteiger charge is 2.06. The minimum absolute atomic E-state index is 0.220. The summed E-state index contributed by atoms with van der Waals surface area (Å²) in [4.78, 5) is 0. The number of hydrogen-bond acceptors (Lipinski definition) is 2. The Balaban J connectivity index is 2.89. The number of nitriles is 1. The summed E-state index contributed by atoms with van der Waals surface area (Å²) in [5, 5.41) is 9.36. The minimum Gasteiger partial charge on any atom is -0.329 e. The number of halogens is 1. The highest BCUT2D eigenvalue weighted by atomic mass is 35.5. The van der Waals surface area contributed by atoms with Gasteiger partial charge in [-0.2, -0.15) is 5.26 Å². The molecule has 0 saturated carbocycles. The summed E-state index contributed by atoms with van der Waals surface area (Å²) in [5.74, 6) is -0.220. The van der Waals surface area contributed by atoms with E-state index in [0.29, 0.717) is 11.6 Å². The van der Waals surface area contributed by atoms with Crippen LogP contribution in [0.15, 0.2) is 24.3 Å². The summed E-state index contributed by atoms with van der Waals surface area (Å²) < 4.78 is 0. The molecule has 1 aromatic carbocycles. The van der Waals surface area contributed by atoms with Crippen LogP contribution in [-0.2, 0) is 0 Å². The second kappa shape index (κ2) is 4.10. The molecule has 0 aliphatic rings. The van der Waals surface area contributed by atoms with E-state index in [1.54, 1.807) is 12.1 Å². The first-order valence-corrected chi connectivity index (χ1v) is 4.01. The third-order valence-electron chi connectivity index (χ3n) is 1.66. The van der Waals surface area contributed by atoms with E-state index in [0.717, 1.165) is 5.56 Å². The summed E-state index contributed by atoms with van der Waals surface area (Å²) in [5.41, 5.74) is 6.32. The molecule has 0 aliphatic heterocycles. The van der Waals surface area contributed by atoms with Crippen molar-refractivity contribution in [2.75, 3.05) is 6.54 Å². The molecule has 0 amide bonds. The third kappa shape index (κ3) is 1.97. The molecule has 1 aromatic rings. The van der Waals surface area contributed by atoms with E-state index in [4.69, 9.17) is 22.6 Å². The van der Waals surface area contributed by atoms with Gasteiger partial charge in [0.2, 0.25) is 0 Å². The van der Waals surface area contributed by atoms with Gasteiger partial charge in [0.25, 0.3) is 0 Å². The van der Waals surface area contributed by atoms with Crippen molar-refractivity contribution < 1.29 is 0 Å². The van der Waals surface area contributed by atoms with Crippen molar-refractivity contribution in [3.63, 3.8) is 0 Å². The molecule has 2 N–H and O–H groups in total. The Morgan fingerprint density at radius 3 is 2.42 bits per heavy atom. The standard InChI is InChI=1S/C9H9ClN2/c10-9-3-1-7(2-4-9)8(5-11)6-12/h1-4,8H,5,11H2. The first-order valence-electron chi connectivity index (χ1n) is 3.63. The molecule has 1 unspecified atom stereocenters. The van der Waals surface area contributed by atoms with E-state index in [-0.39, 0.29) is 5.92 Å². The summed E-state index contributed by atoms with van der Waals surface area (Å²) in [7, 11) is 0. The molecular weight excluding hydrogens is 172 g/mol. The molecule has 2 nitrogen and oxygen atoms in total. The fourth-order valence-corrected chi connectivity index (χ4v) is 1.08. The largest absolute Gasteiger partial charge is 0.329 e. The smallest absolute Gasteiger partial charge is 0.0834 e. The lowest BCUT2D eigenvalue weighted by Crippen LogP contribution is -2.10. The lowest BCUT2D eigenvalue weighted by atomic mass is 10.0. The van der Waals surface area contributed by atoms with Crippen molar-refractivity contribution in [2.45, 2.75) is 5.92 Å². The van der Waals surface area contributed by atoms with Gasteiger partial charge in [-0.05, 0) is 17.7 Å². The van der Waals surface area contributed by atoms with E-state index < -0.39 is 0 Å². The molecule has 0 fully saturated rings. The van der Waals surface area contributed by atoms with E-state index in [2.05, 4.69) is 6.07 Å². The van der Waals surface area contributed by atoms with Gasteiger partial charge in [-0.3, -0.25) is 0 Å². The number of rotatable bonds is 2. The predicted molar refractivity (Wildman–Crippen MR) is 48.9 cm³/mol. The topological polar surface area (TPSA) is 49.8 Å². The Bertz CT molecular complexity index is 286. The molecule has 0 aliphatic carbocycles. The maximum atomic E-state index is 8.69. The zero-order valence-corrected chi connectivity index (χ0v) is 7.25. The van der Waals surface area contributed by atoms with Crippen LogP contribution in [0.3, 0.4) is 0 Å².